The van der Waals surface area contributed by atoms with Gasteiger partial charge in [-0.2, -0.15) is 0 Å². The van der Waals surface area contributed by atoms with Crippen molar-refractivity contribution in [3.8, 4) is 0 Å². The van der Waals surface area contributed by atoms with E-state index < -0.39 is 0 Å². The van der Waals surface area contributed by atoms with Gasteiger partial charge in [0.1, 0.15) is 5.69 Å². The Labute approximate surface area is 99.0 Å². The second kappa shape index (κ2) is 5.95. The van der Waals surface area contributed by atoms with Crippen molar-refractivity contribution in [1.29, 1.82) is 0 Å². The van der Waals surface area contributed by atoms with Crippen LogP contribution in [0.3, 0.4) is 0 Å². The molecule has 0 atom stereocenters. The van der Waals surface area contributed by atoms with Crippen molar-refractivity contribution in [1.82, 2.24) is 9.88 Å². The van der Waals surface area contributed by atoms with Crippen LogP contribution in [-0.2, 0) is 0 Å². The van der Waals surface area contributed by atoms with Crippen LogP contribution in [0.1, 0.15) is 37.2 Å². The molecule has 15 heavy (non-hydrogen) atoms. The molecule has 1 aromatic rings. The van der Waals surface area contributed by atoms with Gasteiger partial charge in [-0.25, -0.2) is 0 Å². The molecule has 0 radical (unpaired) electrons. The monoisotopic (exact) mass is 272 g/mol. The molecule has 0 aromatic carbocycles. The molecule has 0 aliphatic carbocycles. The van der Waals surface area contributed by atoms with E-state index in [2.05, 4.69) is 27.8 Å². The summed E-state index contributed by atoms with van der Waals surface area (Å²) in [6.45, 7) is 5.73. The zero-order valence-electron chi connectivity index (χ0n) is 9.22. The fraction of sp³-hybridized carbons (Fsp3) is 0.545. The summed E-state index contributed by atoms with van der Waals surface area (Å²) in [6.07, 6.45) is 3.94. The number of hydrogen-bond donors (Lipinski definition) is 1. The van der Waals surface area contributed by atoms with Gasteiger partial charge in [-0.05, 0) is 35.3 Å². The fourth-order valence-electron chi connectivity index (χ4n) is 1.41. The van der Waals surface area contributed by atoms with Crippen LogP contribution >= 0.6 is 15.9 Å². The van der Waals surface area contributed by atoms with Crippen molar-refractivity contribution in [2.75, 3.05) is 13.1 Å². The van der Waals surface area contributed by atoms with E-state index in [4.69, 9.17) is 0 Å². The molecule has 1 N–H and O–H groups in total. The summed E-state index contributed by atoms with van der Waals surface area (Å²) in [5, 5.41) is 0. The van der Waals surface area contributed by atoms with Crippen LogP contribution in [0.15, 0.2) is 16.7 Å². The van der Waals surface area contributed by atoms with E-state index in [1.807, 2.05) is 17.9 Å². The van der Waals surface area contributed by atoms with Gasteiger partial charge in [0, 0.05) is 23.8 Å². The summed E-state index contributed by atoms with van der Waals surface area (Å²) in [7, 11) is 0. The number of halogens is 1. The largest absolute Gasteiger partial charge is 0.356 e. The van der Waals surface area contributed by atoms with E-state index in [9.17, 15) is 4.79 Å². The van der Waals surface area contributed by atoms with Gasteiger partial charge in [0.15, 0.2) is 0 Å². The van der Waals surface area contributed by atoms with Crippen LogP contribution in [-0.4, -0.2) is 28.9 Å². The lowest BCUT2D eigenvalue weighted by Crippen LogP contribution is -2.31. The van der Waals surface area contributed by atoms with Crippen molar-refractivity contribution < 1.29 is 4.79 Å². The number of hydrogen-bond acceptors (Lipinski definition) is 1. The Bertz CT molecular complexity index is 322. The maximum absolute atomic E-state index is 12.0. The first-order valence-electron chi connectivity index (χ1n) is 5.32. The Hall–Kier alpha value is -0.770. The third-order valence-corrected chi connectivity index (χ3v) is 2.79. The summed E-state index contributed by atoms with van der Waals surface area (Å²) in [5.74, 6) is 0.0802. The highest BCUT2D eigenvalue weighted by Gasteiger charge is 2.14. The van der Waals surface area contributed by atoms with Crippen LogP contribution in [0.5, 0.6) is 0 Å². The van der Waals surface area contributed by atoms with E-state index in [-0.39, 0.29) is 5.91 Å². The third kappa shape index (κ3) is 3.38. The Balaban J connectivity index is 2.64. The lowest BCUT2D eigenvalue weighted by molar-refractivity contribution is 0.0757. The second-order valence-corrected chi connectivity index (χ2v) is 4.39. The predicted octanol–water partition coefficient (Wildman–Crippen LogP) is 3.04. The van der Waals surface area contributed by atoms with Crippen LogP contribution in [0.2, 0.25) is 0 Å². The first-order chi connectivity index (χ1) is 7.19. The summed E-state index contributed by atoms with van der Waals surface area (Å²) in [6, 6.07) is 1.82. The molecule has 3 nitrogen and oxygen atoms in total. The number of carbonyl (C=O) groups excluding carboxylic acids is 1. The third-order valence-electron chi connectivity index (χ3n) is 2.33. The van der Waals surface area contributed by atoms with Gasteiger partial charge in [0.05, 0.1) is 0 Å². The Kier molecular flexibility index (Phi) is 4.88. The van der Waals surface area contributed by atoms with Crippen molar-refractivity contribution in [2.45, 2.75) is 26.7 Å². The van der Waals surface area contributed by atoms with Gasteiger partial charge in [0.25, 0.3) is 5.91 Å². The SMILES string of the molecule is CCCCN(CC)C(=O)c1cc(Br)c[nH]1. The highest BCUT2D eigenvalue weighted by atomic mass is 79.9. The fourth-order valence-corrected chi connectivity index (χ4v) is 1.76. The maximum Gasteiger partial charge on any atom is 0.270 e. The van der Waals surface area contributed by atoms with Gasteiger partial charge >= 0.3 is 0 Å². The average molecular weight is 273 g/mol. The lowest BCUT2D eigenvalue weighted by Gasteiger charge is -2.19. The molecule has 1 aromatic heterocycles. The van der Waals surface area contributed by atoms with E-state index in [0.29, 0.717) is 5.69 Å². The number of nitrogens with one attached hydrogen (secondary N) is 1. The quantitative estimate of drug-likeness (QED) is 0.879. The molecule has 84 valence electrons. The van der Waals surface area contributed by atoms with Crippen LogP contribution < -0.4 is 0 Å². The molecule has 1 amide bonds. The average Bonchev–Trinajstić information content (AvgIpc) is 2.65. The van der Waals surface area contributed by atoms with Crippen molar-refractivity contribution in [2.24, 2.45) is 0 Å². The Morgan fingerprint density at radius 3 is 2.73 bits per heavy atom. The van der Waals surface area contributed by atoms with Crippen LogP contribution in [0.4, 0.5) is 0 Å². The minimum Gasteiger partial charge on any atom is -0.356 e. The highest BCUT2D eigenvalue weighted by molar-refractivity contribution is 9.10. The molecule has 0 aliphatic heterocycles. The lowest BCUT2D eigenvalue weighted by atomic mass is 10.3. The van der Waals surface area contributed by atoms with Gasteiger partial charge in [-0.1, -0.05) is 13.3 Å². The minimum atomic E-state index is 0.0802. The van der Waals surface area contributed by atoms with E-state index >= 15 is 0 Å². The molecule has 0 bridgehead atoms. The molecule has 1 rings (SSSR count). The number of amides is 1. The Morgan fingerprint density at radius 1 is 1.53 bits per heavy atom. The van der Waals surface area contributed by atoms with Crippen molar-refractivity contribution >= 4 is 21.8 Å². The molecule has 0 unspecified atom stereocenters. The van der Waals surface area contributed by atoms with E-state index in [1.165, 1.54) is 0 Å². The summed E-state index contributed by atoms with van der Waals surface area (Å²) < 4.78 is 0.914. The molecular formula is C11H17BrN2O. The van der Waals surface area contributed by atoms with Gasteiger partial charge in [0.2, 0.25) is 0 Å². The predicted molar refractivity (Wildman–Crippen MR) is 65.0 cm³/mol. The van der Waals surface area contributed by atoms with E-state index in [0.717, 1.165) is 30.4 Å². The molecule has 0 fully saturated rings. The number of unbranched alkanes of at least 4 members (excludes halogenated alkanes) is 1. The number of aromatic amines is 1. The molecule has 0 saturated carbocycles. The highest BCUT2D eigenvalue weighted by Crippen LogP contribution is 2.12. The first kappa shape index (κ1) is 12.3. The standard InChI is InChI=1S/C11H17BrN2O/c1-3-5-6-14(4-2)11(15)10-7-9(12)8-13-10/h7-8,13H,3-6H2,1-2H3. The van der Waals surface area contributed by atoms with Crippen molar-refractivity contribution in [3.63, 3.8) is 0 Å². The van der Waals surface area contributed by atoms with Gasteiger partial charge in [-0.15, -0.1) is 0 Å². The molecule has 0 saturated heterocycles. The molecule has 4 heteroatoms. The number of carbonyl (C=O) groups is 1. The van der Waals surface area contributed by atoms with E-state index in [1.54, 1.807) is 6.20 Å². The summed E-state index contributed by atoms with van der Waals surface area (Å²) in [4.78, 5) is 16.8. The number of nitrogens with zero attached hydrogens (tertiary/aromatic N) is 1. The zero-order valence-corrected chi connectivity index (χ0v) is 10.8. The number of rotatable bonds is 5. The molecule has 0 aliphatic rings. The van der Waals surface area contributed by atoms with Crippen molar-refractivity contribution in [3.05, 3.63) is 22.4 Å². The normalized spacial score (nSPS) is 10.3. The summed E-state index contributed by atoms with van der Waals surface area (Å²) >= 11 is 3.32. The van der Waals surface area contributed by atoms with Crippen LogP contribution in [0.25, 0.3) is 0 Å². The Morgan fingerprint density at radius 2 is 2.27 bits per heavy atom. The number of H-pyrrole nitrogens is 1. The molecular weight excluding hydrogens is 256 g/mol. The first-order valence-corrected chi connectivity index (χ1v) is 6.11. The second-order valence-electron chi connectivity index (χ2n) is 3.47. The molecule has 1 heterocycles. The molecule has 0 spiro atoms. The smallest absolute Gasteiger partial charge is 0.270 e. The van der Waals surface area contributed by atoms with Gasteiger partial charge < -0.3 is 9.88 Å². The minimum absolute atomic E-state index is 0.0802. The van der Waals surface area contributed by atoms with Gasteiger partial charge in [-0.3, -0.25) is 4.79 Å². The summed E-state index contributed by atoms with van der Waals surface area (Å²) in [5.41, 5.74) is 0.653. The topological polar surface area (TPSA) is 36.1 Å². The zero-order chi connectivity index (χ0) is 11.3. The maximum atomic E-state index is 12.0. The number of aromatic nitrogens is 1. The van der Waals surface area contributed by atoms with Crippen LogP contribution in [0, 0.1) is 0 Å².